The maximum absolute atomic E-state index is 4.50. The van der Waals surface area contributed by atoms with Gasteiger partial charge in [0, 0.05) is 3.58 Å². The molecule has 90 valence electrons. The normalized spacial score (nSPS) is 23.5. The molecule has 1 aliphatic heterocycles. The first-order chi connectivity index (χ1) is 8.18. The van der Waals surface area contributed by atoms with Crippen molar-refractivity contribution in [1.29, 1.82) is 0 Å². The van der Waals surface area contributed by atoms with Gasteiger partial charge < -0.3 is 0 Å². The summed E-state index contributed by atoms with van der Waals surface area (Å²) in [6.07, 6.45) is 3.43. The van der Waals surface area contributed by atoms with Crippen molar-refractivity contribution in [1.82, 2.24) is 0 Å². The fraction of sp³-hybridized carbons (Fsp3) is 0.429. The number of benzene rings is 1. The Morgan fingerprint density at radius 3 is 2.59 bits per heavy atom. The van der Waals surface area contributed by atoms with E-state index >= 15 is 0 Å². The maximum atomic E-state index is 4.50. The van der Waals surface area contributed by atoms with Crippen LogP contribution < -0.4 is 0 Å². The second-order valence-electron chi connectivity index (χ2n) is 4.50. The molecule has 0 radical (unpaired) electrons. The standard InChI is InChI=1S/C14H17IN2/c1-3-4-10-12-13(15)14(2,17-16-12)11-8-6-5-7-9-11/h5-9H,3-4,10H2,1-2H3. The van der Waals surface area contributed by atoms with Gasteiger partial charge in [-0.2, -0.15) is 10.2 Å². The van der Waals surface area contributed by atoms with Crippen LogP contribution in [0, 0.1) is 0 Å². The lowest BCUT2D eigenvalue weighted by atomic mass is 9.92. The summed E-state index contributed by atoms with van der Waals surface area (Å²) in [4.78, 5) is 0. The molecule has 0 saturated carbocycles. The van der Waals surface area contributed by atoms with Crippen molar-refractivity contribution in [2.75, 3.05) is 0 Å². The van der Waals surface area contributed by atoms with E-state index in [1.807, 2.05) is 6.07 Å². The highest BCUT2D eigenvalue weighted by Gasteiger charge is 2.35. The van der Waals surface area contributed by atoms with Crippen molar-refractivity contribution in [3.05, 3.63) is 45.2 Å². The third-order valence-corrected chi connectivity index (χ3v) is 4.83. The zero-order chi connectivity index (χ0) is 12.3. The molecule has 0 fully saturated rings. The van der Waals surface area contributed by atoms with Crippen molar-refractivity contribution >= 4 is 22.6 Å². The molecule has 1 aromatic rings. The maximum Gasteiger partial charge on any atom is 0.136 e. The topological polar surface area (TPSA) is 24.7 Å². The second-order valence-corrected chi connectivity index (χ2v) is 5.58. The molecule has 0 bridgehead atoms. The van der Waals surface area contributed by atoms with E-state index in [0.29, 0.717) is 0 Å². The van der Waals surface area contributed by atoms with E-state index in [9.17, 15) is 0 Å². The Morgan fingerprint density at radius 1 is 1.24 bits per heavy atom. The summed E-state index contributed by atoms with van der Waals surface area (Å²) in [5.41, 5.74) is 2.13. The zero-order valence-electron chi connectivity index (χ0n) is 10.3. The molecule has 1 unspecified atom stereocenters. The van der Waals surface area contributed by atoms with E-state index in [1.54, 1.807) is 0 Å². The van der Waals surface area contributed by atoms with Gasteiger partial charge in [-0.05, 0) is 47.9 Å². The van der Waals surface area contributed by atoms with Gasteiger partial charge in [0.15, 0.2) is 0 Å². The SMILES string of the molecule is CCCCC1=C(I)C(C)(c2ccccc2)N=N1. The van der Waals surface area contributed by atoms with Gasteiger partial charge >= 0.3 is 0 Å². The molecule has 0 N–H and O–H groups in total. The first-order valence-corrected chi connectivity index (χ1v) is 7.14. The molecular weight excluding hydrogens is 323 g/mol. The third kappa shape index (κ3) is 2.44. The van der Waals surface area contributed by atoms with Crippen molar-refractivity contribution in [3.8, 4) is 0 Å². The van der Waals surface area contributed by atoms with Crippen LogP contribution in [0.3, 0.4) is 0 Å². The lowest BCUT2D eigenvalue weighted by Gasteiger charge is -2.20. The Morgan fingerprint density at radius 2 is 1.94 bits per heavy atom. The molecule has 1 atom stereocenters. The first-order valence-electron chi connectivity index (χ1n) is 6.06. The highest BCUT2D eigenvalue weighted by molar-refractivity contribution is 14.1. The first kappa shape index (κ1) is 12.7. The van der Waals surface area contributed by atoms with Crippen LogP contribution in [0.4, 0.5) is 0 Å². The van der Waals surface area contributed by atoms with Crippen LogP contribution in [0.1, 0.15) is 38.7 Å². The monoisotopic (exact) mass is 340 g/mol. The minimum absolute atomic E-state index is 0.259. The van der Waals surface area contributed by atoms with Gasteiger partial charge in [-0.1, -0.05) is 43.7 Å². The lowest BCUT2D eigenvalue weighted by molar-refractivity contribution is 0.617. The van der Waals surface area contributed by atoms with Crippen LogP contribution in [0.25, 0.3) is 0 Å². The van der Waals surface area contributed by atoms with E-state index in [2.05, 4.69) is 70.9 Å². The molecule has 0 saturated heterocycles. The zero-order valence-corrected chi connectivity index (χ0v) is 12.4. The summed E-state index contributed by atoms with van der Waals surface area (Å²) < 4.78 is 1.27. The van der Waals surface area contributed by atoms with E-state index < -0.39 is 0 Å². The van der Waals surface area contributed by atoms with Crippen LogP contribution in [-0.2, 0) is 5.54 Å². The lowest BCUT2D eigenvalue weighted by Crippen LogP contribution is -2.16. The second kappa shape index (κ2) is 5.29. The minimum Gasteiger partial charge on any atom is -0.172 e. The Labute approximate surface area is 116 Å². The summed E-state index contributed by atoms with van der Waals surface area (Å²) in [6, 6.07) is 10.4. The fourth-order valence-electron chi connectivity index (χ4n) is 1.98. The van der Waals surface area contributed by atoms with Crippen molar-refractivity contribution < 1.29 is 0 Å². The highest BCUT2D eigenvalue weighted by Crippen LogP contribution is 2.45. The molecule has 2 rings (SSSR count). The summed E-state index contributed by atoms with van der Waals surface area (Å²) in [5.74, 6) is 0. The third-order valence-electron chi connectivity index (χ3n) is 3.15. The van der Waals surface area contributed by atoms with E-state index in [-0.39, 0.29) is 5.54 Å². The summed E-state index contributed by atoms with van der Waals surface area (Å²) in [5, 5.41) is 8.88. The van der Waals surface area contributed by atoms with Gasteiger partial charge in [0.25, 0.3) is 0 Å². The molecule has 1 heterocycles. The largest absolute Gasteiger partial charge is 0.172 e. The van der Waals surface area contributed by atoms with Gasteiger partial charge in [-0.15, -0.1) is 0 Å². The Kier molecular flexibility index (Phi) is 3.97. The number of allylic oxidation sites excluding steroid dienone is 1. The number of unbranched alkanes of at least 4 members (excludes halogenated alkanes) is 1. The van der Waals surface area contributed by atoms with E-state index in [4.69, 9.17) is 0 Å². The summed E-state index contributed by atoms with van der Waals surface area (Å²) >= 11 is 2.41. The molecule has 1 aromatic carbocycles. The quantitative estimate of drug-likeness (QED) is 0.673. The molecular formula is C14H17IN2. The average Bonchev–Trinajstić information content (AvgIpc) is 2.66. The number of azo groups is 1. The van der Waals surface area contributed by atoms with E-state index in [0.717, 1.165) is 6.42 Å². The Hall–Kier alpha value is -0.710. The minimum atomic E-state index is -0.259. The number of hydrogen-bond acceptors (Lipinski definition) is 2. The van der Waals surface area contributed by atoms with E-state index in [1.165, 1.54) is 27.7 Å². The van der Waals surface area contributed by atoms with Gasteiger partial charge in [0.1, 0.15) is 5.54 Å². The van der Waals surface area contributed by atoms with Crippen molar-refractivity contribution in [3.63, 3.8) is 0 Å². The average molecular weight is 340 g/mol. The Balaban J connectivity index is 2.30. The predicted octanol–water partition coefficient (Wildman–Crippen LogP) is 5.20. The Bertz CT molecular complexity index is 451. The van der Waals surface area contributed by atoms with Crippen LogP contribution >= 0.6 is 22.6 Å². The van der Waals surface area contributed by atoms with Crippen molar-refractivity contribution in [2.24, 2.45) is 10.2 Å². The van der Waals surface area contributed by atoms with Crippen LogP contribution in [0.5, 0.6) is 0 Å². The molecule has 3 heteroatoms. The van der Waals surface area contributed by atoms with Crippen LogP contribution in [0.15, 0.2) is 49.8 Å². The molecule has 17 heavy (non-hydrogen) atoms. The molecule has 0 spiro atoms. The van der Waals surface area contributed by atoms with Crippen LogP contribution in [-0.4, -0.2) is 0 Å². The molecule has 1 aliphatic rings. The van der Waals surface area contributed by atoms with Crippen molar-refractivity contribution in [2.45, 2.75) is 38.6 Å². The number of nitrogens with zero attached hydrogens (tertiary/aromatic N) is 2. The highest BCUT2D eigenvalue weighted by atomic mass is 127. The number of rotatable bonds is 4. The van der Waals surface area contributed by atoms with Gasteiger partial charge in [0.2, 0.25) is 0 Å². The van der Waals surface area contributed by atoms with Gasteiger partial charge in [-0.3, -0.25) is 0 Å². The van der Waals surface area contributed by atoms with Gasteiger partial charge in [-0.25, -0.2) is 0 Å². The fourth-order valence-corrected chi connectivity index (χ4v) is 2.78. The predicted molar refractivity (Wildman–Crippen MR) is 79.2 cm³/mol. The smallest absolute Gasteiger partial charge is 0.136 e. The number of halogens is 1. The molecule has 0 amide bonds. The molecule has 0 aliphatic carbocycles. The molecule has 2 nitrogen and oxygen atoms in total. The number of hydrogen-bond donors (Lipinski definition) is 0. The van der Waals surface area contributed by atoms with Crippen LogP contribution in [0.2, 0.25) is 0 Å². The van der Waals surface area contributed by atoms with Gasteiger partial charge in [0.05, 0.1) is 5.70 Å². The molecule has 0 aromatic heterocycles. The summed E-state index contributed by atoms with van der Waals surface area (Å²) in [6.45, 7) is 4.35. The summed E-state index contributed by atoms with van der Waals surface area (Å²) in [7, 11) is 0.